The van der Waals surface area contributed by atoms with Crippen molar-refractivity contribution in [2.24, 2.45) is 0 Å². The molecule has 3 aromatic carbocycles. The molecule has 2 aliphatic rings. The summed E-state index contributed by atoms with van der Waals surface area (Å²) in [6, 6.07) is 16.5. The van der Waals surface area contributed by atoms with Gasteiger partial charge in [0.25, 0.3) is 0 Å². The Hall–Kier alpha value is -2.50. The van der Waals surface area contributed by atoms with E-state index in [-0.39, 0.29) is 11.5 Å². The molecule has 0 aromatic heterocycles. The molecule has 5 rings (SSSR count). The second kappa shape index (κ2) is 8.21. The van der Waals surface area contributed by atoms with Crippen LogP contribution in [0, 0.1) is 0 Å². The van der Waals surface area contributed by atoms with Gasteiger partial charge in [-0.15, -0.1) is 0 Å². The summed E-state index contributed by atoms with van der Waals surface area (Å²) < 4.78 is 11.9. The molecule has 0 fully saturated rings. The van der Waals surface area contributed by atoms with E-state index >= 15 is 0 Å². The Balaban J connectivity index is 1.44. The molecule has 0 amide bonds. The number of Topliss-reactive ketones (excluding diaryl/α,β-unsaturated/α-hetero) is 1. The number of ether oxygens (including phenoxy) is 2. The molecule has 4 nitrogen and oxygen atoms in total. The summed E-state index contributed by atoms with van der Waals surface area (Å²) in [4.78, 5) is 15.1. The summed E-state index contributed by atoms with van der Waals surface area (Å²) in [5.74, 6) is 1.23. The van der Waals surface area contributed by atoms with Crippen molar-refractivity contribution in [1.29, 1.82) is 0 Å². The molecule has 0 saturated heterocycles. The van der Waals surface area contributed by atoms with Gasteiger partial charge in [0, 0.05) is 33.7 Å². The number of hydrogen-bond acceptors (Lipinski definition) is 4. The predicted molar refractivity (Wildman–Crippen MR) is 122 cm³/mol. The van der Waals surface area contributed by atoms with Gasteiger partial charge in [0.2, 0.25) is 5.78 Å². The third-order valence-electron chi connectivity index (χ3n) is 5.28. The average Bonchev–Trinajstić information content (AvgIpc) is 3.08. The topological polar surface area (TPSA) is 38.8 Å². The molecule has 2 aliphatic heterocycles. The Bertz CT molecular complexity index is 1200. The van der Waals surface area contributed by atoms with Crippen LogP contribution in [0.25, 0.3) is 6.08 Å². The first-order chi connectivity index (χ1) is 15.0. The van der Waals surface area contributed by atoms with E-state index in [2.05, 4.69) is 4.90 Å². The highest BCUT2D eigenvalue weighted by Gasteiger charge is 2.33. The van der Waals surface area contributed by atoms with Gasteiger partial charge in [0.1, 0.15) is 18.2 Å². The molecule has 0 atom stereocenters. The second-order valence-corrected chi connectivity index (χ2v) is 8.63. The number of ketones is 1. The maximum atomic E-state index is 13.0. The van der Waals surface area contributed by atoms with E-state index in [0.717, 1.165) is 16.9 Å². The number of carbonyl (C=O) groups is 1. The van der Waals surface area contributed by atoms with Crippen LogP contribution in [0.15, 0.2) is 60.4 Å². The Kier molecular flexibility index (Phi) is 5.40. The first kappa shape index (κ1) is 20.4. The molecule has 156 valence electrons. The summed E-state index contributed by atoms with van der Waals surface area (Å²) in [6.45, 7) is 1.72. The van der Waals surface area contributed by atoms with Gasteiger partial charge < -0.3 is 9.47 Å². The van der Waals surface area contributed by atoms with Crippen LogP contribution in [0.2, 0.25) is 15.1 Å². The minimum atomic E-state index is -0.205. The van der Waals surface area contributed by atoms with Gasteiger partial charge in [-0.2, -0.15) is 0 Å². The standard InChI is InChI=1S/C24H16Cl3NO3/c25-15-6-4-14(5-7-15)11-28-12-18-21(30-13-28)9-8-16-23(29)22(31-24(16)18)10-17-19(26)2-1-3-20(17)27/h1-10H,11-13H2/b22-10-. The quantitative estimate of drug-likeness (QED) is 0.402. The third kappa shape index (κ3) is 3.92. The lowest BCUT2D eigenvalue weighted by Crippen LogP contribution is -2.31. The van der Waals surface area contributed by atoms with Crippen LogP contribution in [-0.4, -0.2) is 17.4 Å². The monoisotopic (exact) mass is 471 g/mol. The van der Waals surface area contributed by atoms with Gasteiger partial charge in [-0.05, 0) is 48.0 Å². The first-order valence-corrected chi connectivity index (χ1v) is 10.8. The van der Waals surface area contributed by atoms with Crippen molar-refractivity contribution in [2.45, 2.75) is 13.1 Å². The third-order valence-corrected chi connectivity index (χ3v) is 6.19. The van der Waals surface area contributed by atoms with Crippen molar-refractivity contribution < 1.29 is 14.3 Å². The largest absolute Gasteiger partial charge is 0.478 e. The number of benzene rings is 3. The molecule has 0 saturated carbocycles. The number of halogens is 3. The fourth-order valence-electron chi connectivity index (χ4n) is 3.73. The Labute approximate surface area is 194 Å². The molecule has 0 spiro atoms. The number of rotatable bonds is 3. The van der Waals surface area contributed by atoms with Gasteiger partial charge in [-0.25, -0.2) is 0 Å². The maximum absolute atomic E-state index is 13.0. The van der Waals surface area contributed by atoms with Crippen LogP contribution in [0.3, 0.4) is 0 Å². The first-order valence-electron chi connectivity index (χ1n) is 9.63. The van der Waals surface area contributed by atoms with Crippen molar-refractivity contribution in [3.05, 3.63) is 97.7 Å². The smallest absolute Gasteiger partial charge is 0.231 e. The van der Waals surface area contributed by atoms with Gasteiger partial charge in [-0.1, -0.05) is 53.0 Å². The van der Waals surface area contributed by atoms with Gasteiger partial charge in [-0.3, -0.25) is 9.69 Å². The average molecular weight is 473 g/mol. The van der Waals surface area contributed by atoms with Crippen molar-refractivity contribution in [1.82, 2.24) is 4.90 Å². The number of fused-ring (bicyclic) bond motifs is 3. The zero-order chi connectivity index (χ0) is 21.5. The normalized spacial score (nSPS) is 16.6. The molecule has 7 heteroatoms. The fraction of sp³-hybridized carbons (Fsp3) is 0.125. The zero-order valence-electron chi connectivity index (χ0n) is 16.2. The molecule has 2 heterocycles. The zero-order valence-corrected chi connectivity index (χ0v) is 18.5. The van der Waals surface area contributed by atoms with Crippen molar-refractivity contribution in [3.8, 4) is 11.5 Å². The molecule has 0 unspecified atom stereocenters. The molecule has 3 aromatic rings. The SMILES string of the molecule is O=C1/C(=C/c2c(Cl)cccc2Cl)Oc2c1ccc1c2CN(Cc2ccc(Cl)cc2)CO1. The number of nitrogens with zero attached hydrogens (tertiary/aromatic N) is 1. The molecule has 0 N–H and O–H groups in total. The molecule has 0 aliphatic carbocycles. The molecular formula is C24H16Cl3NO3. The van der Waals surface area contributed by atoms with E-state index in [4.69, 9.17) is 44.3 Å². The van der Waals surface area contributed by atoms with Crippen LogP contribution < -0.4 is 9.47 Å². The fourth-order valence-corrected chi connectivity index (χ4v) is 4.37. The predicted octanol–water partition coefficient (Wildman–Crippen LogP) is 6.62. The van der Waals surface area contributed by atoms with E-state index in [1.54, 1.807) is 30.3 Å². The van der Waals surface area contributed by atoms with Crippen LogP contribution in [0.5, 0.6) is 11.5 Å². The Morgan fingerprint density at radius 1 is 0.968 bits per heavy atom. The van der Waals surface area contributed by atoms with Gasteiger partial charge in [0.05, 0.1) is 11.1 Å². The van der Waals surface area contributed by atoms with Gasteiger partial charge >= 0.3 is 0 Å². The highest BCUT2D eigenvalue weighted by molar-refractivity contribution is 6.37. The molecule has 31 heavy (non-hydrogen) atoms. The number of carbonyl (C=O) groups excluding carboxylic acids is 1. The van der Waals surface area contributed by atoms with E-state index in [1.807, 2.05) is 30.3 Å². The minimum absolute atomic E-state index is 0.188. The van der Waals surface area contributed by atoms with Crippen molar-refractivity contribution in [2.75, 3.05) is 6.73 Å². The highest BCUT2D eigenvalue weighted by Crippen LogP contribution is 2.42. The molecule has 0 bridgehead atoms. The van der Waals surface area contributed by atoms with Crippen LogP contribution in [0.1, 0.15) is 27.0 Å². The maximum Gasteiger partial charge on any atom is 0.231 e. The van der Waals surface area contributed by atoms with E-state index in [9.17, 15) is 4.79 Å². The Morgan fingerprint density at radius 3 is 2.45 bits per heavy atom. The lowest BCUT2D eigenvalue weighted by molar-refractivity contribution is 0.0873. The molecular weight excluding hydrogens is 457 g/mol. The van der Waals surface area contributed by atoms with Crippen LogP contribution >= 0.6 is 34.8 Å². The minimum Gasteiger partial charge on any atom is -0.478 e. The lowest BCUT2D eigenvalue weighted by atomic mass is 10.0. The van der Waals surface area contributed by atoms with E-state index < -0.39 is 0 Å². The summed E-state index contributed by atoms with van der Waals surface area (Å²) in [6.07, 6.45) is 1.59. The van der Waals surface area contributed by atoms with Crippen molar-refractivity contribution >= 4 is 46.7 Å². The number of allylic oxidation sites excluding steroid dienone is 1. The van der Waals surface area contributed by atoms with Crippen molar-refractivity contribution in [3.63, 3.8) is 0 Å². The summed E-state index contributed by atoms with van der Waals surface area (Å²) in [7, 11) is 0. The lowest BCUT2D eigenvalue weighted by Gasteiger charge is -2.29. The van der Waals surface area contributed by atoms with Crippen LogP contribution in [0.4, 0.5) is 0 Å². The second-order valence-electron chi connectivity index (χ2n) is 7.38. The highest BCUT2D eigenvalue weighted by atomic mass is 35.5. The number of hydrogen-bond donors (Lipinski definition) is 0. The summed E-state index contributed by atoms with van der Waals surface area (Å²) in [5, 5.41) is 1.60. The molecule has 0 radical (unpaired) electrons. The summed E-state index contributed by atoms with van der Waals surface area (Å²) >= 11 is 18.5. The van der Waals surface area contributed by atoms with Gasteiger partial charge in [0.15, 0.2) is 5.76 Å². The van der Waals surface area contributed by atoms with E-state index in [1.165, 1.54) is 0 Å². The van der Waals surface area contributed by atoms with E-state index in [0.29, 0.717) is 51.8 Å². The van der Waals surface area contributed by atoms with Crippen LogP contribution in [-0.2, 0) is 13.1 Å². The Morgan fingerprint density at radius 2 is 1.71 bits per heavy atom. The summed E-state index contributed by atoms with van der Waals surface area (Å²) in [5.41, 5.74) is 3.02.